The average molecular weight is 160 g/mol. The second-order valence-corrected chi connectivity index (χ2v) is 2.98. The normalized spacial score (nSPS) is 21.5. The number of nitrogens with two attached hydrogens (primary N) is 1. The van der Waals surface area contributed by atoms with Crippen LogP contribution in [0.2, 0.25) is 0 Å². The van der Waals surface area contributed by atoms with Gasteiger partial charge in [0, 0.05) is 12.2 Å². The van der Waals surface area contributed by atoms with E-state index in [-0.39, 0.29) is 0 Å². The van der Waals surface area contributed by atoms with E-state index in [9.17, 15) is 0 Å². The van der Waals surface area contributed by atoms with Gasteiger partial charge >= 0.3 is 0 Å². The predicted molar refractivity (Wildman–Crippen MR) is 50.7 cm³/mol. The van der Waals surface area contributed by atoms with Crippen LogP contribution in [-0.2, 0) is 0 Å². The highest BCUT2D eigenvalue weighted by Gasteiger charge is 2.09. The molecule has 0 radical (unpaired) electrons. The van der Waals surface area contributed by atoms with Gasteiger partial charge in [0.2, 0.25) is 0 Å². The fourth-order valence-electron chi connectivity index (χ4n) is 1.40. The summed E-state index contributed by atoms with van der Waals surface area (Å²) in [5, 5.41) is 3.34. The first-order chi connectivity index (χ1) is 5.86. The standard InChI is InChI=1S/C10H12N2/c11-9-5-3-8(4-6-9)10-2-1-7-12-10/h1-6,10,12H,7,11H2. The summed E-state index contributed by atoms with van der Waals surface area (Å²) >= 11 is 0. The average Bonchev–Trinajstić information content (AvgIpc) is 2.58. The number of anilines is 1. The summed E-state index contributed by atoms with van der Waals surface area (Å²) in [6, 6.07) is 8.36. The number of rotatable bonds is 1. The zero-order valence-corrected chi connectivity index (χ0v) is 6.83. The van der Waals surface area contributed by atoms with Gasteiger partial charge in [-0.15, -0.1) is 0 Å². The first-order valence-corrected chi connectivity index (χ1v) is 4.12. The molecular formula is C10H12N2. The lowest BCUT2D eigenvalue weighted by molar-refractivity contribution is 0.713. The van der Waals surface area contributed by atoms with Gasteiger partial charge < -0.3 is 11.1 Å². The number of hydrogen-bond acceptors (Lipinski definition) is 2. The van der Waals surface area contributed by atoms with Crippen molar-refractivity contribution < 1.29 is 0 Å². The van der Waals surface area contributed by atoms with Crippen LogP contribution in [0.5, 0.6) is 0 Å². The molecule has 0 saturated carbocycles. The molecular weight excluding hydrogens is 148 g/mol. The van der Waals surface area contributed by atoms with E-state index >= 15 is 0 Å². The highest BCUT2D eigenvalue weighted by atomic mass is 14.9. The topological polar surface area (TPSA) is 38.0 Å². The van der Waals surface area contributed by atoms with Gasteiger partial charge in [0.1, 0.15) is 0 Å². The Kier molecular flexibility index (Phi) is 1.84. The Balaban J connectivity index is 2.23. The smallest absolute Gasteiger partial charge is 0.0509 e. The minimum absolute atomic E-state index is 0.380. The second kappa shape index (κ2) is 2.99. The Hall–Kier alpha value is -1.28. The maximum absolute atomic E-state index is 5.59. The molecule has 1 unspecified atom stereocenters. The van der Waals surface area contributed by atoms with Crippen LogP contribution in [-0.4, -0.2) is 6.54 Å². The fraction of sp³-hybridized carbons (Fsp3) is 0.200. The fourth-order valence-corrected chi connectivity index (χ4v) is 1.40. The van der Waals surface area contributed by atoms with Crippen LogP contribution in [0.15, 0.2) is 36.4 Å². The SMILES string of the molecule is Nc1ccc(C2C=CCN2)cc1. The van der Waals surface area contributed by atoms with Gasteiger partial charge in [0.05, 0.1) is 6.04 Å². The van der Waals surface area contributed by atoms with Gasteiger partial charge in [-0.1, -0.05) is 24.3 Å². The van der Waals surface area contributed by atoms with Crippen molar-refractivity contribution >= 4 is 5.69 Å². The molecule has 1 aliphatic rings. The van der Waals surface area contributed by atoms with Crippen molar-refractivity contribution in [2.45, 2.75) is 6.04 Å². The minimum atomic E-state index is 0.380. The molecule has 1 atom stereocenters. The molecule has 0 aliphatic carbocycles. The zero-order chi connectivity index (χ0) is 8.39. The molecule has 1 aromatic carbocycles. The lowest BCUT2D eigenvalue weighted by Crippen LogP contribution is -2.13. The minimum Gasteiger partial charge on any atom is -0.399 e. The Morgan fingerprint density at radius 3 is 2.58 bits per heavy atom. The van der Waals surface area contributed by atoms with Gasteiger partial charge in [0.15, 0.2) is 0 Å². The largest absolute Gasteiger partial charge is 0.399 e. The molecule has 0 bridgehead atoms. The van der Waals surface area contributed by atoms with Crippen molar-refractivity contribution in [3.05, 3.63) is 42.0 Å². The van der Waals surface area contributed by atoms with E-state index in [1.165, 1.54) is 5.56 Å². The summed E-state index contributed by atoms with van der Waals surface area (Å²) in [6.07, 6.45) is 4.31. The maximum atomic E-state index is 5.59. The number of nitrogens with one attached hydrogen (secondary N) is 1. The van der Waals surface area contributed by atoms with E-state index in [0.717, 1.165) is 12.2 Å². The van der Waals surface area contributed by atoms with Crippen LogP contribution in [0.25, 0.3) is 0 Å². The molecule has 0 amide bonds. The summed E-state index contributed by atoms with van der Waals surface area (Å²) < 4.78 is 0. The highest BCUT2D eigenvalue weighted by Crippen LogP contribution is 2.18. The third-order valence-corrected chi connectivity index (χ3v) is 2.08. The zero-order valence-electron chi connectivity index (χ0n) is 6.83. The van der Waals surface area contributed by atoms with Crippen LogP contribution in [0, 0.1) is 0 Å². The van der Waals surface area contributed by atoms with Crippen molar-refractivity contribution in [1.82, 2.24) is 5.32 Å². The summed E-state index contributed by atoms with van der Waals surface area (Å²) in [6.45, 7) is 0.967. The van der Waals surface area contributed by atoms with Gasteiger partial charge in [-0.25, -0.2) is 0 Å². The Morgan fingerprint density at radius 2 is 2.00 bits per heavy atom. The third kappa shape index (κ3) is 1.34. The summed E-state index contributed by atoms with van der Waals surface area (Å²) in [4.78, 5) is 0. The quantitative estimate of drug-likeness (QED) is 0.482. The third-order valence-electron chi connectivity index (χ3n) is 2.08. The maximum Gasteiger partial charge on any atom is 0.0509 e. The lowest BCUT2D eigenvalue weighted by Gasteiger charge is -2.08. The van der Waals surface area contributed by atoms with Crippen LogP contribution in [0.4, 0.5) is 5.69 Å². The molecule has 0 saturated heterocycles. The molecule has 62 valence electrons. The van der Waals surface area contributed by atoms with Gasteiger partial charge in [-0.3, -0.25) is 0 Å². The van der Waals surface area contributed by atoms with E-state index in [0.29, 0.717) is 6.04 Å². The molecule has 2 nitrogen and oxygen atoms in total. The van der Waals surface area contributed by atoms with E-state index < -0.39 is 0 Å². The van der Waals surface area contributed by atoms with Crippen molar-refractivity contribution in [1.29, 1.82) is 0 Å². The van der Waals surface area contributed by atoms with Gasteiger partial charge in [-0.2, -0.15) is 0 Å². The monoisotopic (exact) mass is 160 g/mol. The molecule has 1 aliphatic heterocycles. The van der Waals surface area contributed by atoms with Crippen molar-refractivity contribution in [2.75, 3.05) is 12.3 Å². The Labute approximate surface area is 72.1 Å². The molecule has 2 rings (SSSR count). The molecule has 12 heavy (non-hydrogen) atoms. The van der Waals surface area contributed by atoms with E-state index in [1.807, 2.05) is 12.1 Å². The second-order valence-electron chi connectivity index (χ2n) is 2.98. The molecule has 2 heteroatoms. The van der Waals surface area contributed by atoms with Gasteiger partial charge in [0.25, 0.3) is 0 Å². The molecule has 1 heterocycles. The van der Waals surface area contributed by atoms with E-state index in [4.69, 9.17) is 5.73 Å². The number of hydrogen-bond donors (Lipinski definition) is 2. The molecule has 0 fully saturated rings. The Morgan fingerprint density at radius 1 is 1.25 bits per heavy atom. The van der Waals surface area contributed by atoms with Crippen molar-refractivity contribution in [3.8, 4) is 0 Å². The van der Waals surface area contributed by atoms with Crippen molar-refractivity contribution in [3.63, 3.8) is 0 Å². The van der Waals surface area contributed by atoms with Crippen LogP contribution in [0.1, 0.15) is 11.6 Å². The lowest BCUT2D eigenvalue weighted by atomic mass is 10.1. The summed E-state index contributed by atoms with van der Waals surface area (Å²) in [7, 11) is 0. The highest BCUT2D eigenvalue weighted by molar-refractivity contribution is 5.41. The van der Waals surface area contributed by atoms with E-state index in [1.54, 1.807) is 0 Å². The predicted octanol–water partition coefficient (Wildman–Crippen LogP) is 1.47. The van der Waals surface area contributed by atoms with Crippen LogP contribution < -0.4 is 11.1 Å². The molecule has 0 aromatic heterocycles. The molecule has 0 spiro atoms. The molecule has 3 N–H and O–H groups in total. The van der Waals surface area contributed by atoms with Crippen molar-refractivity contribution in [2.24, 2.45) is 0 Å². The molecule has 1 aromatic rings. The summed E-state index contributed by atoms with van der Waals surface area (Å²) in [5.74, 6) is 0. The first kappa shape index (κ1) is 7.37. The first-order valence-electron chi connectivity index (χ1n) is 4.12. The van der Waals surface area contributed by atoms with Crippen LogP contribution >= 0.6 is 0 Å². The number of nitrogen functional groups attached to an aromatic ring is 1. The van der Waals surface area contributed by atoms with E-state index in [2.05, 4.69) is 29.6 Å². The number of benzene rings is 1. The summed E-state index contributed by atoms with van der Waals surface area (Å²) in [5.41, 5.74) is 7.68. The Bertz CT molecular complexity index is 287. The van der Waals surface area contributed by atoms with Gasteiger partial charge in [-0.05, 0) is 17.7 Å². The van der Waals surface area contributed by atoms with Crippen LogP contribution in [0.3, 0.4) is 0 Å².